The van der Waals surface area contributed by atoms with Crippen LogP contribution in [0.2, 0.25) is 0 Å². The van der Waals surface area contributed by atoms with Gasteiger partial charge in [-0.05, 0) is 86.0 Å². The van der Waals surface area contributed by atoms with E-state index in [1.165, 1.54) is 40.8 Å². The molecule has 18 heteroatoms. The van der Waals surface area contributed by atoms with E-state index in [-0.39, 0.29) is 17.3 Å². The SMILES string of the molecule is Cn1c(=O)cc(C(F)(F)F)c2cc(CN3CCOCC3)ccc21.NC(=O)C1(C(F)(F)F)CCN(CC(F)(F)F)CC1.O=C(O)CCc1cccc2c1CCC2. The lowest BCUT2D eigenvalue weighted by atomic mass is 9.77. The van der Waals surface area contributed by atoms with E-state index in [4.69, 9.17) is 15.6 Å². The van der Waals surface area contributed by atoms with E-state index in [1.54, 1.807) is 12.1 Å². The number of benzene rings is 2. The van der Waals surface area contributed by atoms with Gasteiger partial charge in [0.1, 0.15) is 5.41 Å². The van der Waals surface area contributed by atoms with E-state index in [0.717, 1.165) is 36.4 Å². The van der Waals surface area contributed by atoms with E-state index >= 15 is 0 Å². The number of nitrogens with two attached hydrogens (primary N) is 1. The minimum atomic E-state index is -4.83. The maximum Gasteiger partial charge on any atom is 0.417 e. The summed E-state index contributed by atoms with van der Waals surface area (Å²) in [5.41, 5.74) is 5.68. The number of hydrogen-bond acceptors (Lipinski definition) is 6. The maximum absolute atomic E-state index is 13.2. The summed E-state index contributed by atoms with van der Waals surface area (Å²) >= 11 is 0. The standard InChI is InChI=1S/C16H17F3N2O2.C12H14O2.C9H12F6N2O/c1-20-14-3-2-11(10-21-4-6-23-7-5-21)8-12(14)13(9-15(20)22)16(17,18)19;13-12(14)8-7-10-4-1-3-9-5-2-6-11(9)10;10-8(11,12)5-17-3-1-7(2-4-17,6(16)18)9(13,14)15/h2-3,8-9H,4-7,10H2,1H3;1,3-4H,2,5-8H2,(H,13,14);1-5H2,(H2,16,18). The van der Waals surface area contributed by atoms with Crippen LogP contribution in [0.5, 0.6) is 0 Å². The molecule has 0 saturated carbocycles. The Morgan fingerprint density at radius 1 is 0.891 bits per heavy atom. The maximum atomic E-state index is 13.2. The number of primary amides is 1. The predicted octanol–water partition coefficient (Wildman–Crippen LogP) is 6.26. The molecule has 0 bridgehead atoms. The highest BCUT2D eigenvalue weighted by molar-refractivity contribution is 5.84. The van der Waals surface area contributed by atoms with Gasteiger partial charge in [-0.3, -0.25) is 24.2 Å². The molecule has 3 aliphatic rings. The van der Waals surface area contributed by atoms with Crippen LogP contribution in [-0.4, -0.2) is 89.6 Å². The summed E-state index contributed by atoms with van der Waals surface area (Å²) in [7, 11) is 1.48. The van der Waals surface area contributed by atoms with Crippen molar-refractivity contribution >= 4 is 22.8 Å². The number of morpholine rings is 1. The van der Waals surface area contributed by atoms with Gasteiger partial charge in [0.2, 0.25) is 5.91 Å². The number of pyridine rings is 1. The normalized spacial score (nSPS) is 17.8. The summed E-state index contributed by atoms with van der Waals surface area (Å²) in [4.78, 5) is 36.2. The number of aromatic nitrogens is 1. The summed E-state index contributed by atoms with van der Waals surface area (Å²) in [6.07, 6.45) is -10.9. The molecule has 9 nitrogen and oxygen atoms in total. The summed E-state index contributed by atoms with van der Waals surface area (Å²) < 4.78 is 121. The van der Waals surface area contributed by atoms with Crippen LogP contribution in [0.25, 0.3) is 10.9 Å². The van der Waals surface area contributed by atoms with Crippen molar-refractivity contribution in [2.24, 2.45) is 18.2 Å². The summed E-state index contributed by atoms with van der Waals surface area (Å²) in [6, 6.07) is 11.8. The van der Waals surface area contributed by atoms with Crippen LogP contribution in [-0.2, 0) is 53.4 Å². The molecule has 2 fully saturated rings. The average molecular weight is 795 g/mol. The molecule has 55 heavy (non-hydrogen) atoms. The van der Waals surface area contributed by atoms with E-state index in [2.05, 4.69) is 17.0 Å². The molecular weight excluding hydrogens is 751 g/mol. The van der Waals surface area contributed by atoms with Gasteiger partial charge in [0, 0.05) is 44.6 Å². The first-order valence-electron chi connectivity index (χ1n) is 17.6. The highest BCUT2D eigenvalue weighted by atomic mass is 19.4. The number of hydrogen-bond donors (Lipinski definition) is 2. The molecule has 3 heterocycles. The lowest BCUT2D eigenvalue weighted by Crippen LogP contribution is -2.56. The number of nitrogens with zero attached hydrogens (tertiary/aromatic N) is 3. The zero-order chi connectivity index (χ0) is 40.8. The van der Waals surface area contributed by atoms with Crippen LogP contribution in [0.3, 0.4) is 0 Å². The first kappa shape index (κ1) is 43.6. The molecule has 304 valence electrons. The largest absolute Gasteiger partial charge is 0.481 e. The zero-order valence-electron chi connectivity index (χ0n) is 30.0. The Balaban J connectivity index is 0.000000189. The lowest BCUT2D eigenvalue weighted by Gasteiger charge is -2.40. The second kappa shape index (κ2) is 17.7. The third kappa shape index (κ3) is 11.4. The highest BCUT2D eigenvalue weighted by Crippen LogP contribution is 2.46. The van der Waals surface area contributed by atoms with Crippen LogP contribution < -0.4 is 11.3 Å². The number of halogens is 9. The quantitative estimate of drug-likeness (QED) is 0.272. The number of aryl methyl sites for hydroxylation is 3. The first-order chi connectivity index (χ1) is 25.6. The fourth-order valence-corrected chi connectivity index (χ4v) is 7.05. The molecule has 6 rings (SSSR count). The Kier molecular flexibility index (Phi) is 14.1. The number of rotatable bonds is 7. The second-order valence-electron chi connectivity index (χ2n) is 13.8. The molecule has 0 atom stereocenters. The fraction of sp³-hybridized carbons (Fsp3) is 0.541. The van der Waals surface area contributed by atoms with Crippen molar-refractivity contribution in [1.82, 2.24) is 14.4 Å². The van der Waals surface area contributed by atoms with Gasteiger partial charge in [0.25, 0.3) is 5.56 Å². The number of likely N-dealkylation sites (tertiary alicyclic amines) is 1. The zero-order valence-corrected chi connectivity index (χ0v) is 30.0. The topological polar surface area (TPSA) is 118 Å². The molecule has 2 aromatic carbocycles. The molecule has 1 aromatic heterocycles. The van der Waals surface area contributed by atoms with E-state index < -0.39 is 79.4 Å². The van der Waals surface area contributed by atoms with Gasteiger partial charge >= 0.3 is 24.5 Å². The number of ether oxygens (including phenoxy) is 1. The van der Waals surface area contributed by atoms with Crippen molar-refractivity contribution in [2.45, 2.75) is 70.0 Å². The molecule has 0 spiro atoms. The first-order valence-corrected chi connectivity index (χ1v) is 17.6. The molecule has 0 unspecified atom stereocenters. The summed E-state index contributed by atoms with van der Waals surface area (Å²) in [5, 5.41) is 8.68. The molecule has 2 aliphatic heterocycles. The van der Waals surface area contributed by atoms with Crippen LogP contribution >= 0.6 is 0 Å². The van der Waals surface area contributed by atoms with Gasteiger partial charge in [-0.1, -0.05) is 24.3 Å². The number of carbonyl (C=O) groups excluding carboxylic acids is 1. The molecule has 1 amide bonds. The Morgan fingerprint density at radius 2 is 1.55 bits per heavy atom. The monoisotopic (exact) mass is 794 g/mol. The van der Waals surface area contributed by atoms with Gasteiger partial charge in [0.15, 0.2) is 0 Å². The molecular formula is C37H43F9N4O5. The van der Waals surface area contributed by atoms with Crippen LogP contribution in [0, 0.1) is 5.41 Å². The molecule has 0 radical (unpaired) electrons. The number of amides is 1. The van der Waals surface area contributed by atoms with Gasteiger partial charge < -0.3 is 20.1 Å². The van der Waals surface area contributed by atoms with Crippen molar-refractivity contribution in [3.63, 3.8) is 0 Å². The summed E-state index contributed by atoms with van der Waals surface area (Å²) in [6.45, 7) is 1.17. The lowest BCUT2D eigenvalue weighted by molar-refractivity contribution is -0.234. The van der Waals surface area contributed by atoms with E-state index in [9.17, 15) is 53.9 Å². The Bertz CT molecular complexity index is 1860. The Hall–Kier alpha value is -4.16. The van der Waals surface area contributed by atoms with Gasteiger partial charge in [0.05, 0.1) is 30.8 Å². The van der Waals surface area contributed by atoms with Crippen molar-refractivity contribution in [2.75, 3.05) is 45.9 Å². The van der Waals surface area contributed by atoms with Gasteiger partial charge in [-0.15, -0.1) is 0 Å². The summed E-state index contributed by atoms with van der Waals surface area (Å²) in [5.74, 6) is -2.23. The average Bonchev–Trinajstić information content (AvgIpc) is 3.58. The predicted molar refractivity (Wildman–Crippen MR) is 184 cm³/mol. The fourth-order valence-electron chi connectivity index (χ4n) is 7.05. The van der Waals surface area contributed by atoms with Crippen LogP contribution in [0.1, 0.15) is 53.5 Å². The van der Waals surface area contributed by atoms with Crippen molar-refractivity contribution in [3.05, 3.63) is 80.6 Å². The number of alkyl halides is 9. The van der Waals surface area contributed by atoms with Gasteiger partial charge in [-0.25, -0.2) is 0 Å². The molecule has 3 aromatic rings. The van der Waals surface area contributed by atoms with Crippen LogP contribution in [0.15, 0.2) is 47.3 Å². The number of carbonyl (C=O) groups is 2. The van der Waals surface area contributed by atoms with E-state index in [0.29, 0.717) is 32.2 Å². The highest BCUT2D eigenvalue weighted by Gasteiger charge is 2.60. The number of carboxylic acids is 1. The Morgan fingerprint density at radius 3 is 2.11 bits per heavy atom. The van der Waals surface area contributed by atoms with Gasteiger partial charge in [-0.2, -0.15) is 39.5 Å². The number of piperidine rings is 1. The van der Waals surface area contributed by atoms with Crippen molar-refractivity contribution in [1.29, 1.82) is 0 Å². The molecule has 2 saturated heterocycles. The smallest absolute Gasteiger partial charge is 0.417 e. The number of fused-ring (bicyclic) bond motifs is 2. The minimum absolute atomic E-state index is 0.0605. The Labute approximate surface area is 310 Å². The third-order valence-corrected chi connectivity index (χ3v) is 10.1. The van der Waals surface area contributed by atoms with Crippen LogP contribution in [0.4, 0.5) is 39.5 Å². The van der Waals surface area contributed by atoms with Crippen molar-refractivity contribution in [3.8, 4) is 0 Å². The molecule has 1 aliphatic carbocycles. The number of carboxylic acid groups (broad SMARTS) is 1. The minimum Gasteiger partial charge on any atom is -0.481 e. The molecule has 3 N–H and O–H groups in total. The third-order valence-electron chi connectivity index (χ3n) is 10.1. The number of aliphatic carboxylic acids is 1. The van der Waals surface area contributed by atoms with Crippen molar-refractivity contribution < 1.29 is 58.9 Å². The second-order valence-corrected chi connectivity index (χ2v) is 13.8. The van der Waals surface area contributed by atoms with E-state index in [1.807, 2.05) is 6.07 Å².